The Bertz CT molecular complexity index is 2440. The molecule has 5 rings (SSSR count). The Balaban J connectivity index is 0.000000918. The number of unbranched alkanes of at least 4 members (excludes halogenated alkanes) is 30. The van der Waals surface area contributed by atoms with Gasteiger partial charge in [-0.2, -0.15) is 0 Å². The van der Waals surface area contributed by atoms with E-state index >= 15 is 0 Å². The second kappa shape index (κ2) is 43.5. The molecule has 0 amide bonds. The Labute approximate surface area is 532 Å². The van der Waals surface area contributed by atoms with E-state index in [4.69, 9.17) is 23.0 Å². The van der Waals surface area contributed by atoms with Gasteiger partial charge in [0.2, 0.25) is 0 Å². The van der Waals surface area contributed by atoms with Crippen LogP contribution in [0.2, 0.25) is 0 Å². The summed E-state index contributed by atoms with van der Waals surface area (Å²) < 4.78 is 41.1. The molecule has 0 spiro atoms. The smallest absolute Gasteiger partial charge is 0.460 e. The fraction of sp³-hybridized carbons (Fsp3) is 0.658. The van der Waals surface area contributed by atoms with Gasteiger partial charge in [0.15, 0.2) is 0 Å². The average molecular weight is 1240 g/mol. The Morgan fingerprint density at radius 2 is 0.782 bits per heavy atom. The zero-order valence-electron chi connectivity index (χ0n) is 56.5. The van der Waals surface area contributed by atoms with Crippen molar-refractivity contribution in [2.75, 3.05) is 13.2 Å². The third-order valence-corrected chi connectivity index (χ3v) is 18.9. The number of aryl methyl sites for hydroxylation is 4. The van der Waals surface area contributed by atoms with Crippen LogP contribution in [0.15, 0.2) is 72.8 Å². The van der Waals surface area contributed by atoms with Crippen molar-refractivity contribution in [2.24, 2.45) is 0 Å². The summed E-state index contributed by atoms with van der Waals surface area (Å²) in [5.41, 5.74) is 7.23. The van der Waals surface area contributed by atoms with Gasteiger partial charge >= 0.3 is 20.5 Å². The van der Waals surface area contributed by atoms with Gasteiger partial charge in [-0.05, 0) is 90.3 Å². The van der Waals surface area contributed by atoms with Gasteiger partial charge in [0.05, 0.1) is 18.5 Å². The molecule has 1 atom stereocenters. The van der Waals surface area contributed by atoms with Crippen molar-refractivity contribution in [2.45, 2.75) is 311 Å². The van der Waals surface area contributed by atoms with Gasteiger partial charge in [0.25, 0.3) is 8.03 Å². The van der Waals surface area contributed by atoms with E-state index in [9.17, 15) is 19.0 Å². The second-order valence-electron chi connectivity index (χ2n) is 27.0. The van der Waals surface area contributed by atoms with Gasteiger partial charge in [-0.1, -0.05) is 309 Å². The number of hydrogen-bond donors (Lipinski definition) is 1. The van der Waals surface area contributed by atoms with Crippen LogP contribution in [0.5, 0.6) is 17.2 Å². The summed E-state index contributed by atoms with van der Waals surface area (Å²) in [5, 5.41) is 0.821. The van der Waals surface area contributed by atoms with E-state index in [-0.39, 0.29) is 22.8 Å². The molecule has 0 fully saturated rings. The Morgan fingerprint density at radius 1 is 0.460 bits per heavy atom. The summed E-state index contributed by atoms with van der Waals surface area (Å²) in [6.45, 7) is 22.3. The molecule has 4 aromatic carbocycles. The van der Waals surface area contributed by atoms with E-state index in [1.807, 2.05) is 74.5 Å². The van der Waals surface area contributed by atoms with Crippen LogP contribution in [0.25, 0.3) is 11.1 Å². The lowest BCUT2D eigenvalue weighted by Gasteiger charge is -2.28. The zero-order chi connectivity index (χ0) is 63.1. The topological polar surface area (TPSA) is 118 Å². The predicted molar refractivity (Wildman–Crippen MR) is 369 cm³/mol. The number of carbonyl (C=O) groups excluding carboxylic acids is 2. The van der Waals surface area contributed by atoms with Crippen molar-refractivity contribution in [3.8, 4) is 28.4 Å². The van der Waals surface area contributed by atoms with Crippen LogP contribution in [0, 0.1) is 13.8 Å². The van der Waals surface area contributed by atoms with Gasteiger partial charge < -0.3 is 27.9 Å². The fourth-order valence-electron chi connectivity index (χ4n) is 11.7. The quantitative estimate of drug-likeness (QED) is 0.0262. The summed E-state index contributed by atoms with van der Waals surface area (Å²) in [6, 6.07) is 23.7. The maximum absolute atomic E-state index is 12.8. The fourth-order valence-corrected chi connectivity index (χ4v) is 13.6. The Morgan fingerprint density at radius 3 is 1.14 bits per heavy atom. The van der Waals surface area contributed by atoms with Crippen LogP contribution >= 0.6 is 16.6 Å². The maximum Gasteiger partial charge on any atom is 0.460 e. The van der Waals surface area contributed by atoms with Crippen LogP contribution < -0.4 is 18.9 Å². The molecular weight excluding hydrogens is 1120 g/mol. The standard InChI is InChI=1S/C64H111O7P.C12H9O2P/c1-11-13-15-17-19-21-23-25-27-29-31-33-35-37-39-41-47-68-59(65)45-43-55-49-53(3)61(57(51-55)63(5,6)7)70-72(67)71-62-54(4)50-56(52-58(62)64(8,9)10)44-46-60(66)69-48-42-40-38-36-34-32-30-28-26-24-22-20-18-16-14-12-2;13-15-12-8-4-2-6-10(12)9-5-1-3-7-11(9)14-15/h49-52,67H,11-48H2,1-10H3;1-8,15H. The number of carbonyl (C=O) groups is 2. The summed E-state index contributed by atoms with van der Waals surface area (Å²) >= 11 is 0. The van der Waals surface area contributed by atoms with E-state index in [2.05, 4.69) is 67.5 Å². The average Bonchev–Trinajstić information content (AvgIpc) is 1.19. The number of esters is 2. The number of fused-ring (bicyclic) bond motifs is 3. The molecular formula is C76H120O9P2. The second-order valence-corrected chi connectivity index (χ2v) is 29.1. The molecule has 0 saturated carbocycles. The molecule has 1 unspecified atom stereocenters. The molecule has 0 aromatic heterocycles. The Kier molecular flexibility index (Phi) is 37.7. The first kappa shape index (κ1) is 75.3. The number of rotatable bonds is 44. The minimum Gasteiger partial charge on any atom is -0.466 e. The molecule has 11 heteroatoms. The maximum atomic E-state index is 12.8. The van der Waals surface area contributed by atoms with Crippen LogP contribution in [0.4, 0.5) is 0 Å². The van der Waals surface area contributed by atoms with E-state index in [1.54, 1.807) is 0 Å². The lowest BCUT2D eigenvalue weighted by molar-refractivity contribution is -0.144. The largest absolute Gasteiger partial charge is 0.466 e. The van der Waals surface area contributed by atoms with E-state index in [0.29, 0.717) is 50.4 Å². The molecule has 1 heterocycles. The minimum absolute atomic E-state index is 0.157. The normalized spacial score (nSPS) is 12.9. The van der Waals surface area contributed by atoms with Crippen molar-refractivity contribution < 1.29 is 42.1 Å². The van der Waals surface area contributed by atoms with Crippen molar-refractivity contribution in [3.63, 3.8) is 0 Å². The van der Waals surface area contributed by atoms with Crippen LogP contribution in [0.1, 0.15) is 307 Å². The summed E-state index contributed by atoms with van der Waals surface area (Å²) in [5.74, 6) is 1.62. The molecule has 1 N–H and O–H groups in total. The number of hydrogen-bond acceptors (Lipinski definition) is 9. The summed E-state index contributed by atoms with van der Waals surface area (Å²) in [4.78, 5) is 37.0. The van der Waals surface area contributed by atoms with Crippen LogP contribution in [-0.2, 0) is 47.3 Å². The first-order valence-electron chi connectivity index (χ1n) is 34.8. The zero-order valence-corrected chi connectivity index (χ0v) is 58.4. The molecule has 0 aliphatic carbocycles. The highest BCUT2D eigenvalue weighted by Gasteiger charge is 2.29. The SMILES string of the molecule is CCCCCCCCCCCCCCCCCCOC(=O)CCc1cc(C)c(OP(O)Oc2c(C)cc(CCC(=O)OCCCCCCCCCCCCCCCCCC)cc2C(C)(C)C)c(C(C)(C)C)c1.O=[PH]1Oc2ccccc2-c2ccccc21. The molecule has 1 aliphatic heterocycles. The third-order valence-electron chi connectivity index (χ3n) is 16.9. The highest BCUT2D eigenvalue weighted by atomic mass is 31.2. The highest BCUT2D eigenvalue weighted by molar-refractivity contribution is 7.49. The van der Waals surface area contributed by atoms with Gasteiger partial charge in [-0.3, -0.25) is 14.2 Å². The molecule has 9 nitrogen and oxygen atoms in total. The van der Waals surface area contributed by atoms with Crippen molar-refractivity contribution in [3.05, 3.63) is 106 Å². The van der Waals surface area contributed by atoms with E-state index in [1.165, 1.54) is 180 Å². The van der Waals surface area contributed by atoms with Crippen molar-refractivity contribution in [1.82, 2.24) is 0 Å². The number of benzene rings is 4. The third kappa shape index (κ3) is 30.9. The molecule has 0 bridgehead atoms. The molecule has 87 heavy (non-hydrogen) atoms. The predicted octanol–water partition coefficient (Wildman–Crippen LogP) is 22.9. The first-order valence-corrected chi connectivity index (χ1v) is 37.2. The lowest BCUT2D eigenvalue weighted by Crippen LogP contribution is -2.16. The van der Waals surface area contributed by atoms with E-state index in [0.717, 1.165) is 81.2 Å². The van der Waals surface area contributed by atoms with Gasteiger partial charge in [0, 0.05) is 29.5 Å². The number of ether oxygens (including phenoxy) is 2. The highest BCUT2D eigenvalue weighted by Crippen LogP contribution is 2.47. The Hall–Kier alpha value is -4.16. The van der Waals surface area contributed by atoms with Crippen molar-refractivity contribution in [1.29, 1.82) is 0 Å². The molecule has 4 aromatic rings. The first-order chi connectivity index (χ1) is 41.9. The summed E-state index contributed by atoms with van der Waals surface area (Å²) in [6.07, 6.45) is 44.0. The van der Waals surface area contributed by atoms with Gasteiger partial charge in [-0.15, -0.1) is 0 Å². The minimum atomic E-state index is -2.34. The molecule has 0 radical (unpaired) electrons. The monoisotopic (exact) mass is 1240 g/mol. The summed E-state index contributed by atoms with van der Waals surface area (Å²) in [7, 11) is -4.45. The van der Waals surface area contributed by atoms with E-state index < -0.39 is 16.6 Å². The van der Waals surface area contributed by atoms with Crippen molar-refractivity contribution >= 4 is 33.9 Å². The van der Waals surface area contributed by atoms with Crippen LogP contribution in [0.3, 0.4) is 0 Å². The van der Waals surface area contributed by atoms with Crippen LogP contribution in [-0.4, -0.2) is 30.0 Å². The molecule has 0 saturated heterocycles. The lowest BCUT2D eigenvalue weighted by atomic mass is 9.83. The van der Waals surface area contributed by atoms with Gasteiger partial charge in [0.1, 0.15) is 17.2 Å². The number of para-hydroxylation sites is 1. The van der Waals surface area contributed by atoms with Gasteiger partial charge in [-0.25, -0.2) is 0 Å². The molecule has 488 valence electrons. The molecule has 1 aliphatic rings.